The summed E-state index contributed by atoms with van der Waals surface area (Å²) < 4.78 is 0. The van der Waals surface area contributed by atoms with E-state index in [1.165, 1.54) is 11.1 Å². The zero-order valence-corrected chi connectivity index (χ0v) is 7.77. The summed E-state index contributed by atoms with van der Waals surface area (Å²) in [7, 11) is 0. The topological polar surface area (TPSA) is 36.4 Å². The molecule has 0 saturated carbocycles. The summed E-state index contributed by atoms with van der Waals surface area (Å²) in [5.41, 5.74) is 2.42. The molecule has 1 fully saturated rings. The van der Waals surface area contributed by atoms with Crippen molar-refractivity contribution in [1.82, 2.24) is 9.88 Å². The molecule has 0 aromatic carbocycles. The third kappa shape index (κ3) is 2.05. The van der Waals surface area contributed by atoms with Gasteiger partial charge in [0.05, 0.1) is 6.10 Å². The van der Waals surface area contributed by atoms with Gasteiger partial charge in [-0.3, -0.25) is 9.88 Å². The van der Waals surface area contributed by atoms with Crippen LogP contribution in [0.3, 0.4) is 0 Å². The quantitative estimate of drug-likeness (QED) is 0.719. The van der Waals surface area contributed by atoms with Gasteiger partial charge in [-0.05, 0) is 18.1 Å². The molecule has 1 aliphatic rings. The summed E-state index contributed by atoms with van der Waals surface area (Å²) in [5.74, 6) is 0. The molecule has 2 rings (SSSR count). The van der Waals surface area contributed by atoms with Crippen LogP contribution in [0.15, 0.2) is 18.5 Å². The van der Waals surface area contributed by atoms with Gasteiger partial charge in [-0.15, -0.1) is 0 Å². The minimum atomic E-state index is -0.113. The molecule has 1 aromatic rings. The highest BCUT2D eigenvalue weighted by Crippen LogP contribution is 2.12. The molecule has 13 heavy (non-hydrogen) atoms. The molecule has 0 atom stereocenters. The lowest BCUT2D eigenvalue weighted by molar-refractivity contribution is -0.00292. The van der Waals surface area contributed by atoms with Crippen LogP contribution < -0.4 is 0 Å². The van der Waals surface area contributed by atoms with Gasteiger partial charge in [-0.2, -0.15) is 0 Å². The standard InChI is InChI=1S/C10H14N2O/c1-8-2-9(4-11-3-8)5-12-6-10(13)7-12/h2-4,10,13H,5-7H2,1H3. The summed E-state index contributed by atoms with van der Waals surface area (Å²) in [4.78, 5) is 6.33. The van der Waals surface area contributed by atoms with Gasteiger partial charge in [0.15, 0.2) is 0 Å². The number of aliphatic hydroxyl groups is 1. The van der Waals surface area contributed by atoms with E-state index in [2.05, 4.69) is 16.0 Å². The van der Waals surface area contributed by atoms with Gasteiger partial charge in [0, 0.05) is 32.0 Å². The predicted molar refractivity (Wildman–Crippen MR) is 50.3 cm³/mol. The number of rotatable bonds is 2. The minimum absolute atomic E-state index is 0.113. The Balaban J connectivity index is 1.94. The first-order valence-electron chi connectivity index (χ1n) is 4.55. The Morgan fingerprint density at radius 2 is 2.31 bits per heavy atom. The van der Waals surface area contributed by atoms with Crippen molar-refractivity contribution in [2.24, 2.45) is 0 Å². The van der Waals surface area contributed by atoms with E-state index < -0.39 is 0 Å². The molecule has 70 valence electrons. The molecule has 0 bridgehead atoms. The maximum absolute atomic E-state index is 9.09. The Kier molecular flexibility index (Phi) is 2.29. The number of hydrogen-bond acceptors (Lipinski definition) is 3. The average Bonchev–Trinajstić information content (AvgIpc) is 2.01. The summed E-state index contributed by atoms with van der Waals surface area (Å²) in [6.07, 6.45) is 3.63. The number of β-amino-alcohol motifs (C(OH)–C–C–N with tert-alkyl or cyclic N) is 1. The van der Waals surface area contributed by atoms with Crippen LogP contribution >= 0.6 is 0 Å². The zero-order chi connectivity index (χ0) is 9.26. The number of nitrogens with zero attached hydrogens (tertiary/aromatic N) is 2. The fourth-order valence-electron chi connectivity index (χ4n) is 1.63. The monoisotopic (exact) mass is 178 g/mol. The van der Waals surface area contributed by atoms with E-state index >= 15 is 0 Å². The second kappa shape index (κ2) is 3.44. The van der Waals surface area contributed by atoms with Gasteiger partial charge < -0.3 is 5.11 Å². The number of pyridine rings is 1. The van der Waals surface area contributed by atoms with E-state index in [0.717, 1.165) is 19.6 Å². The SMILES string of the molecule is Cc1cncc(CN2CC(O)C2)c1. The molecule has 0 aliphatic carbocycles. The van der Waals surface area contributed by atoms with Gasteiger partial charge in [-0.1, -0.05) is 6.07 Å². The fraction of sp³-hybridized carbons (Fsp3) is 0.500. The first-order chi connectivity index (χ1) is 6.24. The van der Waals surface area contributed by atoms with Crippen molar-refractivity contribution in [3.63, 3.8) is 0 Å². The molecular formula is C10H14N2O. The highest BCUT2D eigenvalue weighted by Gasteiger charge is 2.23. The maximum atomic E-state index is 9.09. The zero-order valence-electron chi connectivity index (χ0n) is 7.77. The molecule has 0 unspecified atom stereocenters. The maximum Gasteiger partial charge on any atom is 0.0794 e. The summed E-state index contributed by atoms with van der Waals surface area (Å²) >= 11 is 0. The van der Waals surface area contributed by atoms with Crippen molar-refractivity contribution in [2.45, 2.75) is 19.6 Å². The number of aryl methyl sites for hydroxylation is 1. The molecule has 2 heterocycles. The first-order valence-corrected chi connectivity index (χ1v) is 4.55. The summed E-state index contributed by atoms with van der Waals surface area (Å²) in [6, 6.07) is 2.14. The molecule has 0 radical (unpaired) electrons. The molecule has 1 aromatic heterocycles. The fourth-order valence-corrected chi connectivity index (χ4v) is 1.63. The molecular weight excluding hydrogens is 164 g/mol. The van der Waals surface area contributed by atoms with Crippen LogP contribution in [0.25, 0.3) is 0 Å². The molecule has 0 spiro atoms. The Hall–Kier alpha value is -0.930. The van der Waals surface area contributed by atoms with Crippen molar-refractivity contribution in [1.29, 1.82) is 0 Å². The second-order valence-electron chi connectivity index (χ2n) is 3.72. The average molecular weight is 178 g/mol. The van der Waals surface area contributed by atoms with Gasteiger partial charge >= 0.3 is 0 Å². The molecule has 1 saturated heterocycles. The predicted octanol–water partition coefficient (Wildman–Crippen LogP) is 0.567. The second-order valence-corrected chi connectivity index (χ2v) is 3.72. The van der Waals surface area contributed by atoms with E-state index in [4.69, 9.17) is 5.11 Å². The highest BCUT2D eigenvalue weighted by molar-refractivity contribution is 5.16. The van der Waals surface area contributed by atoms with Gasteiger partial charge in [-0.25, -0.2) is 0 Å². The van der Waals surface area contributed by atoms with Crippen molar-refractivity contribution < 1.29 is 5.11 Å². The van der Waals surface area contributed by atoms with Crippen LogP contribution in [0.5, 0.6) is 0 Å². The number of likely N-dealkylation sites (tertiary alicyclic amines) is 1. The first kappa shape index (κ1) is 8.66. The number of aromatic nitrogens is 1. The van der Waals surface area contributed by atoms with E-state index in [1.54, 1.807) is 0 Å². The Bertz CT molecular complexity index is 295. The Labute approximate surface area is 78.0 Å². The number of hydrogen-bond donors (Lipinski definition) is 1. The van der Waals surface area contributed by atoms with E-state index in [-0.39, 0.29) is 6.10 Å². The summed E-state index contributed by atoms with van der Waals surface area (Å²) in [5, 5.41) is 9.09. The molecule has 1 aliphatic heterocycles. The highest BCUT2D eigenvalue weighted by atomic mass is 16.3. The van der Waals surface area contributed by atoms with Crippen LogP contribution in [-0.4, -0.2) is 34.2 Å². The van der Waals surface area contributed by atoms with Crippen molar-refractivity contribution in [3.8, 4) is 0 Å². The van der Waals surface area contributed by atoms with Crippen LogP contribution in [0, 0.1) is 6.92 Å². The summed E-state index contributed by atoms with van der Waals surface area (Å²) in [6.45, 7) is 4.55. The largest absolute Gasteiger partial charge is 0.390 e. The van der Waals surface area contributed by atoms with Gasteiger partial charge in [0.2, 0.25) is 0 Å². The molecule has 3 heteroatoms. The Morgan fingerprint density at radius 3 is 2.92 bits per heavy atom. The van der Waals surface area contributed by atoms with E-state index in [0.29, 0.717) is 0 Å². The van der Waals surface area contributed by atoms with Gasteiger partial charge in [0.25, 0.3) is 0 Å². The molecule has 3 nitrogen and oxygen atoms in total. The molecule has 0 amide bonds. The number of aliphatic hydroxyl groups excluding tert-OH is 1. The third-order valence-electron chi connectivity index (χ3n) is 2.28. The lowest BCUT2D eigenvalue weighted by Gasteiger charge is -2.35. The Morgan fingerprint density at radius 1 is 1.54 bits per heavy atom. The van der Waals surface area contributed by atoms with Crippen LogP contribution in [0.1, 0.15) is 11.1 Å². The van der Waals surface area contributed by atoms with Gasteiger partial charge in [0.1, 0.15) is 0 Å². The van der Waals surface area contributed by atoms with Crippen LogP contribution in [0.4, 0.5) is 0 Å². The van der Waals surface area contributed by atoms with Crippen molar-refractivity contribution in [2.75, 3.05) is 13.1 Å². The molecule has 1 N–H and O–H groups in total. The lowest BCUT2D eigenvalue weighted by atomic mass is 10.1. The van der Waals surface area contributed by atoms with Crippen LogP contribution in [0.2, 0.25) is 0 Å². The lowest BCUT2D eigenvalue weighted by Crippen LogP contribution is -2.49. The smallest absolute Gasteiger partial charge is 0.0794 e. The van der Waals surface area contributed by atoms with Crippen molar-refractivity contribution in [3.05, 3.63) is 29.6 Å². The van der Waals surface area contributed by atoms with E-state index in [9.17, 15) is 0 Å². The normalized spacial score (nSPS) is 18.6. The van der Waals surface area contributed by atoms with Crippen molar-refractivity contribution >= 4 is 0 Å². The third-order valence-corrected chi connectivity index (χ3v) is 2.28. The minimum Gasteiger partial charge on any atom is -0.390 e. The van der Waals surface area contributed by atoms with E-state index in [1.807, 2.05) is 19.3 Å². The van der Waals surface area contributed by atoms with Crippen LogP contribution in [-0.2, 0) is 6.54 Å².